The van der Waals surface area contributed by atoms with Gasteiger partial charge >= 0.3 is 6.03 Å². The zero-order valence-corrected chi connectivity index (χ0v) is 19.9. The first kappa shape index (κ1) is 25.1. The van der Waals surface area contributed by atoms with Crippen LogP contribution in [-0.4, -0.2) is 62.1 Å². The normalized spacial score (nSPS) is 10.7. The summed E-state index contributed by atoms with van der Waals surface area (Å²) in [7, 11) is 4.29. The second-order valence-electron chi connectivity index (χ2n) is 7.39. The summed E-state index contributed by atoms with van der Waals surface area (Å²) in [5.74, 6) is -0.473. The molecule has 1 aromatic heterocycles. The van der Waals surface area contributed by atoms with Gasteiger partial charge in [-0.05, 0) is 24.3 Å². The molecule has 0 bridgehead atoms. The van der Waals surface area contributed by atoms with Crippen LogP contribution in [0.4, 0.5) is 14.9 Å². The van der Waals surface area contributed by atoms with Crippen LogP contribution in [0.3, 0.4) is 0 Å². The Morgan fingerprint density at radius 1 is 1.09 bits per heavy atom. The smallest absolute Gasteiger partial charge is 0.330 e. The van der Waals surface area contributed by atoms with E-state index in [1.54, 1.807) is 29.6 Å². The fourth-order valence-corrected chi connectivity index (χ4v) is 4.35. The maximum Gasteiger partial charge on any atom is 0.330 e. The van der Waals surface area contributed by atoms with E-state index < -0.39 is 11.9 Å². The lowest BCUT2D eigenvalue weighted by Gasteiger charge is -2.23. The van der Waals surface area contributed by atoms with Crippen molar-refractivity contribution in [1.29, 1.82) is 0 Å². The number of rotatable bonds is 9. The van der Waals surface area contributed by atoms with Crippen LogP contribution in [0.1, 0.15) is 23.2 Å². The van der Waals surface area contributed by atoms with Crippen molar-refractivity contribution in [2.75, 3.05) is 39.3 Å². The van der Waals surface area contributed by atoms with E-state index in [-0.39, 0.29) is 37.7 Å². The predicted molar refractivity (Wildman–Crippen MR) is 127 cm³/mol. The number of aliphatic hydroxyl groups excluding tert-OH is 1. The Bertz CT molecular complexity index is 1210. The van der Waals surface area contributed by atoms with Gasteiger partial charge in [-0.2, -0.15) is 0 Å². The summed E-state index contributed by atoms with van der Waals surface area (Å²) in [6.45, 7) is -0.0734. The number of carbonyl (C=O) groups excluding carboxylic acids is 3. The molecule has 0 aliphatic rings. The standard InChI is InChI=1S/C24H25FN2O6S/c1-26(18-14-34-23-16(18)5-4-6-17(23)25)24(31)27(2)22(30)10-8-19(29)15-7-9-20(33-12-11-28)21(13-15)32-3/h4-7,9,13-14,28H,8,10-12H2,1-3H3. The molecule has 180 valence electrons. The Kier molecular flexibility index (Phi) is 8.19. The highest BCUT2D eigenvalue weighted by Gasteiger charge is 2.24. The Balaban J connectivity index is 1.63. The first-order chi connectivity index (χ1) is 16.3. The van der Waals surface area contributed by atoms with Gasteiger partial charge in [0.25, 0.3) is 0 Å². The van der Waals surface area contributed by atoms with E-state index >= 15 is 0 Å². The van der Waals surface area contributed by atoms with E-state index in [0.29, 0.717) is 32.8 Å². The summed E-state index contributed by atoms with van der Waals surface area (Å²) in [6, 6.07) is 8.64. The molecule has 3 rings (SSSR count). The van der Waals surface area contributed by atoms with Crippen molar-refractivity contribution in [3.05, 3.63) is 53.2 Å². The predicted octanol–water partition coefficient (Wildman–Crippen LogP) is 4.10. The molecule has 3 amide bonds. The fourth-order valence-electron chi connectivity index (χ4n) is 3.35. The monoisotopic (exact) mass is 488 g/mol. The van der Waals surface area contributed by atoms with Crippen molar-refractivity contribution < 1.29 is 33.4 Å². The van der Waals surface area contributed by atoms with Gasteiger partial charge in [-0.25, -0.2) is 9.18 Å². The van der Waals surface area contributed by atoms with Crippen LogP contribution in [0.15, 0.2) is 41.8 Å². The van der Waals surface area contributed by atoms with Crippen LogP contribution in [0.2, 0.25) is 0 Å². The number of fused-ring (bicyclic) bond motifs is 1. The van der Waals surface area contributed by atoms with Crippen molar-refractivity contribution >= 4 is 44.8 Å². The minimum atomic E-state index is -0.589. The lowest BCUT2D eigenvalue weighted by molar-refractivity contribution is -0.127. The fraction of sp³-hybridized carbons (Fsp3) is 0.292. The number of hydrogen-bond donors (Lipinski definition) is 1. The molecule has 0 spiro atoms. The average Bonchev–Trinajstić information content (AvgIpc) is 3.29. The number of nitrogens with zero attached hydrogens (tertiary/aromatic N) is 2. The van der Waals surface area contributed by atoms with Crippen molar-refractivity contribution in [2.45, 2.75) is 12.8 Å². The number of imide groups is 1. The van der Waals surface area contributed by atoms with Crippen LogP contribution in [0.5, 0.6) is 11.5 Å². The Morgan fingerprint density at radius 2 is 1.85 bits per heavy atom. The number of carbonyl (C=O) groups is 3. The van der Waals surface area contributed by atoms with Gasteiger partial charge in [-0.15, -0.1) is 11.3 Å². The highest BCUT2D eigenvalue weighted by molar-refractivity contribution is 7.17. The van der Waals surface area contributed by atoms with E-state index in [1.165, 1.54) is 49.6 Å². The molecule has 1 N–H and O–H groups in total. The van der Waals surface area contributed by atoms with Gasteiger partial charge in [0.1, 0.15) is 12.4 Å². The summed E-state index contributed by atoms with van der Waals surface area (Å²) in [4.78, 5) is 40.3. The second kappa shape index (κ2) is 11.1. The second-order valence-corrected chi connectivity index (χ2v) is 8.27. The van der Waals surface area contributed by atoms with E-state index in [2.05, 4.69) is 0 Å². The molecule has 8 nitrogen and oxygen atoms in total. The lowest BCUT2D eigenvalue weighted by atomic mass is 10.1. The highest BCUT2D eigenvalue weighted by atomic mass is 32.1. The average molecular weight is 489 g/mol. The third-order valence-electron chi connectivity index (χ3n) is 5.24. The van der Waals surface area contributed by atoms with Gasteiger partial charge in [0.15, 0.2) is 17.3 Å². The highest BCUT2D eigenvalue weighted by Crippen LogP contribution is 2.34. The SMILES string of the molecule is COc1cc(C(=O)CCC(=O)N(C)C(=O)N(C)c2csc3c(F)cccc23)ccc1OCCO. The van der Waals surface area contributed by atoms with E-state index in [1.807, 2.05) is 0 Å². The molecular weight excluding hydrogens is 463 g/mol. The van der Waals surface area contributed by atoms with Gasteiger partial charge in [-0.3, -0.25) is 19.4 Å². The van der Waals surface area contributed by atoms with E-state index in [9.17, 15) is 18.8 Å². The van der Waals surface area contributed by atoms with E-state index in [0.717, 1.165) is 4.90 Å². The van der Waals surface area contributed by atoms with E-state index in [4.69, 9.17) is 14.6 Å². The summed E-state index contributed by atoms with van der Waals surface area (Å²) >= 11 is 1.18. The molecule has 1 heterocycles. The van der Waals surface area contributed by atoms with Crippen LogP contribution in [-0.2, 0) is 4.79 Å². The molecule has 0 saturated carbocycles. The van der Waals surface area contributed by atoms with Crippen molar-refractivity contribution in [1.82, 2.24) is 4.90 Å². The van der Waals surface area contributed by atoms with Crippen LogP contribution in [0.25, 0.3) is 10.1 Å². The quantitative estimate of drug-likeness (QED) is 0.456. The Labute approximate surface area is 200 Å². The number of urea groups is 1. The zero-order valence-electron chi connectivity index (χ0n) is 19.0. The number of thiophene rings is 1. The van der Waals surface area contributed by atoms with Crippen molar-refractivity contribution in [3.63, 3.8) is 0 Å². The number of aliphatic hydroxyl groups is 1. The van der Waals surface area contributed by atoms with Crippen LogP contribution >= 0.6 is 11.3 Å². The van der Waals surface area contributed by atoms with Crippen LogP contribution in [0, 0.1) is 5.82 Å². The van der Waals surface area contributed by atoms with Crippen molar-refractivity contribution in [3.8, 4) is 11.5 Å². The molecule has 0 aliphatic carbocycles. The number of hydrogen-bond acceptors (Lipinski definition) is 7. The molecule has 10 heteroatoms. The Morgan fingerprint density at radius 3 is 2.56 bits per heavy atom. The molecular formula is C24H25FN2O6S. The third-order valence-corrected chi connectivity index (χ3v) is 6.23. The zero-order chi connectivity index (χ0) is 24.8. The molecule has 0 fully saturated rings. The minimum absolute atomic E-state index is 0.0864. The molecule has 0 saturated heterocycles. The third kappa shape index (κ3) is 5.35. The first-order valence-corrected chi connectivity index (χ1v) is 11.3. The van der Waals surface area contributed by atoms with Gasteiger partial charge in [0.05, 0.1) is 24.1 Å². The number of ether oxygens (including phenoxy) is 2. The molecule has 2 aromatic carbocycles. The summed E-state index contributed by atoms with van der Waals surface area (Å²) in [6.07, 6.45) is -0.272. The Hall–Kier alpha value is -3.50. The molecule has 0 radical (unpaired) electrons. The van der Waals surface area contributed by atoms with Crippen LogP contribution < -0.4 is 14.4 Å². The van der Waals surface area contributed by atoms with Gasteiger partial charge in [-0.1, -0.05) is 12.1 Å². The minimum Gasteiger partial charge on any atom is -0.493 e. The molecule has 0 unspecified atom stereocenters. The largest absolute Gasteiger partial charge is 0.493 e. The molecule has 34 heavy (non-hydrogen) atoms. The maximum absolute atomic E-state index is 14.0. The summed E-state index contributed by atoms with van der Waals surface area (Å²) in [5.41, 5.74) is 0.828. The number of ketones is 1. The number of benzene rings is 2. The van der Waals surface area contributed by atoms with Gasteiger partial charge in [0, 0.05) is 43.3 Å². The van der Waals surface area contributed by atoms with Gasteiger partial charge in [0.2, 0.25) is 5.91 Å². The topological polar surface area (TPSA) is 96.4 Å². The van der Waals surface area contributed by atoms with Crippen molar-refractivity contribution in [2.24, 2.45) is 0 Å². The number of anilines is 1. The number of amides is 3. The lowest BCUT2D eigenvalue weighted by Crippen LogP contribution is -2.42. The number of Topliss-reactive ketones (excluding diaryl/α,β-unsaturated/α-hetero) is 1. The summed E-state index contributed by atoms with van der Waals surface area (Å²) < 4.78 is 25.0. The molecule has 3 aromatic rings. The van der Waals surface area contributed by atoms with Gasteiger partial charge < -0.3 is 14.6 Å². The molecule has 0 atom stereocenters. The number of halogens is 1. The maximum atomic E-state index is 14.0. The molecule has 0 aliphatic heterocycles. The number of methoxy groups -OCH3 is 1. The first-order valence-electron chi connectivity index (χ1n) is 10.4. The summed E-state index contributed by atoms with van der Waals surface area (Å²) in [5, 5.41) is 11.1.